The molecule has 1 aromatic rings. The van der Waals surface area contributed by atoms with Crippen LogP contribution in [0.4, 0.5) is 0 Å². The summed E-state index contributed by atoms with van der Waals surface area (Å²) in [5, 5.41) is 3.01. The van der Waals surface area contributed by atoms with E-state index in [9.17, 15) is 9.59 Å². The van der Waals surface area contributed by atoms with Crippen LogP contribution in [0.2, 0.25) is 0 Å². The van der Waals surface area contributed by atoms with Gasteiger partial charge in [0.05, 0.1) is 19.7 Å². The highest BCUT2D eigenvalue weighted by Gasteiger charge is 2.26. The van der Waals surface area contributed by atoms with Crippen LogP contribution in [0.5, 0.6) is 5.75 Å². The second-order valence-corrected chi connectivity index (χ2v) is 7.12. The number of carbonyl (C=O) groups is 2. The van der Waals surface area contributed by atoms with Crippen LogP contribution in [-0.2, 0) is 16.1 Å². The van der Waals surface area contributed by atoms with Gasteiger partial charge >= 0.3 is 0 Å². The van der Waals surface area contributed by atoms with Crippen molar-refractivity contribution in [2.75, 3.05) is 52.9 Å². The molecule has 0 spiro atoms. The minimum absolute atomic E-state index is 0.0236. The minimum Gasteiger partial charge on any atom is -0.497 e. The second-order valence-electron chi connectivity index (χ2n) is 7.12. The molecule has 1 atom stereocenters. The van der Waals surface area contributed by atoms with Gasteiger partial charge in [-0.3, -0.25) is 19.4 Å². The highest BCUT2D eigenvalue weighted by molar-refractivity contribution is 5.81. The lowest BCUT2D eigenvalue weighted by molar-refractivity contribution is -0.133. The standard InChI is InChI=1S/C21H34N4O3/c1-5-24(6-2)20(26)16-23-10-12-25(13-11-23)17(3)21(27)22-15-18-8-7-9-19(14-18)28-4/h7-9,14,17H,5-6,10-13,15-16H2,1-4H3,(H,22,27). The maximum atomic E-state index is 12.5. The normalized spacial score (nSPS) is 16.4. The average Bonchev–Trinajstić information content (AvgIpc) is 2.73. The molecule has 1 aromatic carbocycles. The minimum atomic E-state index is -0.189. The van der Waals surface area contributed by atoms with Gasteiger partial charge in [0.15, 0.2) is 0 Å². The van der Waals surface area contributed by atoms with Gasteiger partial charge in [-0.05, 0) is 38.5 Å². The van der Waals surface area contributed by atoms with Crippen molar-refractivity contribution in [3.63, 3.8) is 0 Å². The van der Waals surface area contributed by atoms with E-state index in [2.05, 4.69) is 15.1 Å². The molecule has 7 nitrogen and oxygen atoms in total. The predicted octanol–water partition coefficient (Wildman–Crippen LogP) is 1.19. The number of nitrogens with one attached hydrogen (secondary N) is 1. The monoisotopic (exact) mass is 390 g/mol. The molecule has 1 fully saturated rings. The summed E-state index contributed by atoms with van der Waals surface area (Å²) < 4.78 is 5.22. The maximum Gasteiger partial charge on any atom is 0.237 e. The molecule has 1 saturated heterocycles. The Morgan fingerprint density at radius 3 is 2.46 bits per heavy atom. The zero-order chi connectivity index (χ0) is 20.5. The second kappa shape index (κ2) is 11.0. The van der Waals surface area contributed by atoms with E-state index in [-0.39, 0.29) is 17.9 Å². The third kappa shape index (κ3) is 6.21. The van der Waals surface area contributed by atoms with Crippen LogP contribution in [0.1, 0.15) is 26.3 Å². The van der Waals surface area contributed by atoms with Crippen LogP contribution >= 0.6 is 0 Å². The van der Waals surface area contributed by atoms with Crippen molar-refractivity contribution in [1.82, 2.24) is 20.0 Å². The number of rotatable bonds is 9. The Morgan fingerprint density at radius 2 is 1.86 bits per heavy atom. The van der Waals surface area contributed by atoms with Gasteiger partial charge in [0.25, 0.3) is 0 Å². The fraction of sp³-hybridized carbons (Fsp3) is 0.619. The Morgan fingerprint density at radius 1 is 1.18 bits per heavy atom. The quantitative estimate of drug-likeness (QED) is 0.686. The Labute approximate surface area is 168 Å². The molecule has 28 heavy (non-hydrogen) atoms. The largest absolute Gasteiger partial charge is 0.497 e. The van der Waals surface area contributed by atoms with Gasteiger partial charge in [-0.25, -0.2) is 0 Å². The molecule has 0 radical (unpaired) electrons. The summed E-state index contributed by atoms with van der Waals surface area (Å²) in [4.78, 5) is 31.0. The Bertz CT molecular complexity index is 640. The summed E-state index contributed by atoms with van der Waals surface area (Å²) in [5.74, 6) is 0.994. The van der Waals surface area contributed by atoms with E-state index in [4.69, 9.17) is 4.74 Å². The van der Waals surface area contributed by atoms with Gasteiger partial charge in [-0.15, -0.1) is 0 Å². The molecule has 0 aliphatic carbocycles. The molecular weight excluding hydrogens is 356 g/mol. The Kier molecular flexibility index (Phi) is 8.73. The smallest absolute Gasteiger partial charge is 0.237 e. The zero-order valence-corrected chi connectivity index (χ0v) is 17.6. The molecule has 1 heterocycles. The van der Waals surface area contributed by atoms with E-state index in [1.165, 1.54) is 0 Å². The third-order valence-corrected chi connectivity index (χ3v) is 5.41. The van der Waals surface area contributed by atoms with Gasteiger partial charge in [0.1, 0.15) is 5.75 Å². The van der Waals surface area contributed by atoms with Crippen LogP contribution in [0.3, 0.4) is 0 Å². The number of carbonyl (C=O) groups excluding carboxylic acids is 2. The number of piperazine rings is 1. The summed E-state index contributed by atoms with van der Waals surface area (Å²) in [6, 6.07) is 7.52. The number of likely N-dealkylation sites (N-methyl/N-ethyl adjacent to an activating group) is 1. The van der Waals surface area contributed by atoms with Crippen molar-refractivity contribution in [1.29, 1.82) is 0 Å². The Balaban J connectivity index is 1.76. The number of ether oxygens (including phenoxy) is 1. The number of nitrogens with zero attached hydrogens (tertiary/aromatic N) is 3. The zero-order valence-electron chi connectivity index (χ0n) is 17.6. The van der Waals surface area contributed by atoms with E-state index in [0.29, 0.717) is 13.1 Å². The molecule has 1 aliphatic rings. The summed E-state index contributed by atoms with van der Waals surface area (Å²) in [7, 11) is 1.63. The van der Waals surface area contributed by atoms with Crippen molar-refractivity contribution in [2.45, 2.75) is 33.4 Å². The van der Waals surface area contributed by atoms with Crippen molar-refractivity contribution in [3.05, 3.63) is 29.8 Å². The molecule has 2 rings (SSSR count). The Hall–Kier alpha value is -2.12. The molecule has 7 heteroatoms. The molecule has 1 aliphatic heterocycles. The molecule has 1 N–H and O–H groups in total. The van der Waals surface area contributed by atoms with Crippen molar-refractivity contribution in [2.24, 2.45) is 0 Å². The average molecular weight is 391 g/mol. The molecule has 0 aromatic heterocycles. The van der Waals surface area contributed by atoms with Gasteiger partial charge in [0.2, 0.25) is 11.8 Å². The molecule has 0 saturated carbocycles. The fourth-order valence-corrected chi connectivity index (χ4v) is 3.46. The van der Waals surface area contributed by atoms with Crippen LogP contribution < -0.4 is 10.1 Å². The number of hydrogen-bond donors (Lipinski definition) is 1. The van der Waals surface area contributed by atoms with Gasteiger partial charge in [0, 0.05) is 45.8 Å². The van der Waals surface area contributed by atoms with Crippen LogP contribution in [0, 0.1) is 0 Å². The van der Waals surface area contributed by atoms with E-state index < -0.39 is 0 Å². The van der Waals surface area contributed by atoms with Crippen molar-refractivity contribution in [3.8, 4) is 5.75 Å². The first-order chi connectivity index (χ1) is 13.5. The van der Waals surface area contributed by atoms with Gasteiger partial charge in [-0.1, -0.05) is 12.1 Å². The SMILES string of the molecule is CCN(CC)C(=O)CN1CCN(C(C)C(=O)NCc2cccc(OC)c2)CC1. The van der Waals surface area contributed by atoms with Gasteiger partial charge < -0.3 is 15.0 Å². The number of methoxy groups -OCH3 is 1. The van der Waals surface area contributed by atoms with Gasteiger partial charge in [-0.2, -0.15) is 0 Å². The van der Waals surface area contributed by atoms with E-state index in [0.717, 1.165) is 50.6 Å². The first-order valence-corrected chi connectivity index (χ1v) is 10.1. The first kappa shape index (κ1) is 22.2. The highest BCUT2D eigenvalue weighted by atomic mass is 16.5. The summed E-state index contributed by atoms with van der Waals surface area (Å²) in [5.41, 5.74) is 1.01. The summed E-state index contributed by atoms with van der Waals surface area (Å²) in [6.45, 7) is 11.6. The molecule has 1 unspecified atom stereocenters. The topological polar surface area (TPSA) is 65.1 Å². The van der Waals surface area contributed by atoms with Crippen LogP contribution in [-0.4, -0.2) is 85.5 Å². The van der Waals surface area contributed by atoms with E-state index in [1.54, 1.807) is 7.11 Å². The van der Waals surface area contributed by atoms with Crippen molar-refractivity contribution >= 4 is 11.8 Å². The lowest BCUT2D eigenvalue weighted by Crippen LogP contribution is -2.55. The number of benzene rings is 1. The summed E-state index contributed by atoms with van der Waals surface area (Å²) >= 11 is 0. The molecule has 2 amide bonds. The van der Waals surface area contributed by atoms with E-state index >= 15 is 0 Å². The number of hydrogen-bond acceptors (Lipinski definition) is 5. The first-order valence-electron chi connectivity index (χ1n) is 10.1. The van der Waals surface area contributed by atoms with E-state index in [1.807, 2.05) is 49.9 Å². The fourth-order valence-electron chi connectivity index (χ4n) is 3.46. The molecule has 0 bridgehead atoms. The number of amides is 2. The lowest BCUT2D eigenvalue weighted by atomic mass is 10.2. The van der Waals surface area contributed by atoms with Crippen LogP contribution in [0.25, 0.3) is 0 Å². The lowest BCUT2D eigenvalue weighted by Gasteiger charge is -2.37. The molecular formula is C21H34N4O3. The predicted molar refractivity (Wildman–Crippen MR) is 110 cm³/mol. The van der Waals surface area contributed by atoms with Crippen LogP contribution in [0.15, 0.2) is 24.3 Å². The highest BCUT2D eigenvalue weighted by Crippen LogP contribution is 2.13. The van der Waals surface area contributed by atoms with Crippen molar-refractivity contribution < 1.29 is 14.3 Å². The third-order valence-electron chi connectivity index (χ3n) is 5.41. The maximum absolute atomic E-state index is 12.5. The molecule has 156 valence electrons. The summed E-state index contributed by atoms with van der Waals surface area (Å²) in [6.07, 6.45) is 0.